The Balaban J connectivity index is 1.60. The normalized spacial score (nSPS) is 13.4. The molecule has 0 radical (unpaired) electrons. The summed E-state index contributed by atoms with van der Waals surface area (Å²) in [4.78, 5) is 47.5. The first kappa shape index (κ1) is 24.0. The van der Waals surface area contributed by atoms with Crippen molar-refractivity contribution in [3.63, 3.8) is 0 Å². The molecule has 0 atom stereocenters. The largest absolute Gasteiger partial charge is 0.338 e. The van der Waals surface area contributed by atoms with Crippen LogP contribution in [0.2, 0.25) is 0 Å². The van der Waals surface area contributed by atoms with E-state index in [1.807, 2.05) is 21.6 Å². The highest BCUT2D eigenvalue weighted by Crippen LogP contribution is 2.20. The quantitative estimate of drug-likeness (QED) is 0.465. The number of hydrogen-bond acceptors (Lipinski definition) is 4. The molecule has 1 aliphatic heterocycles. The second kappa shape index (κ2) is 10.8. The maximum absolute atomic E-state index is 13.1. The summed E-state index contributed by atoms with van der Waals surface area (Å²) in [5.74, 6) is 0.803. The summed E-state index contributed by atoms with van der Waals surface area (Å²) in [5, 5.41) is 0. The molecule has 2 aromatic heterocycles. The molecule has 0 spiro atoms. The molecule has 1 aromatic carbocycles. The number of unbranched alkanes of at least 4 members (excludes halogenated alkanes) is 3. The van der Waals surface area contributed by atoms with Crippen molar-refractivity contribution in [1.82, 2.24) is 24.0 Å². The number of amides is 1. The van der Waals surface area contributed by atoms with Crippen LogP contribution in [0, 0.1) is 0 Å². The molecule has 0 aliphatic carbocycles. The first-order chi connectivity index (χ1) is 16.5. The zero-order chi connectivity index (χ0) is 24.1. The molecule has 3 heterocycles. The number of aromatic amines is 1. The fourth-order valence-electron chi connectivity index (χ4n) is 4.78. The molecule has 0 saturated carbocycles. The van der Waals surface area contributed by atoms with Gasteiger partial charge in [-0.25, -0.2) is 9.78 Å². The highest BCUT2D eigenvalue weighted by molar-refractivity contribution is 5.77. The van der Waals surface area contributed by atoms with E-state index in [9.17, 15) is 14.4 Å². The number of hydrogen-bond donors (Lipinski definition) is 1. The summed E-state index contributed by atoms with van der Waals surface area (Å²) in [7, 11) is 0. The maximum atomic E-state index is 13.1. The van der Waals surface area contributed by atoms with Crippen LogP contribution in [0.4, 0.5) is 0 Å². The lowest BCUT2D eigenvalue weighted by molar-refractivity contribution is -0.132. The van der Waals surface area contributed by atoms with Gasteiger partial charge >= 0.3 is 5.69 Å². The van der Waals surface area contributed by atoms with Crippen LogP contribution in [0.25, 0.3) is 11.2 Å². The van der Waals surface area contributed by atoms with Crippen molar-refractivity contribution in [3.8, 4) is 0 Å². The van der Waals surface area contributed by atoms with Gasteiger partial charge in [-0.1, -0.05) is 57.4 Å². The second-order valence-electron chi connectivity index (χ2n) is 9.16. The summed E-state index contributed by atoms with van der Waals surface area (Å²) >= 11 is 0. The van der Waals surface area contributed by atoms with E-state index in [2.05, 4.69) is 31.0 Å². The molecule has 0 fully saturated rings. The van der Waals surface area contributed by atoms with Crippen molar-refractivity contribution in [2.24, 2.45) is 0 Å². The van der Waals surface area contributed by atoms with Crippen molar-refractivity contribution in [1.29, 1.82) is 0 Å². The Bertz CT molecular complexity index is 1270. The van der Waals surface area contributed by atoms with Gasteiger partial charge in [0.2, 0.25) is 5.91 Å². The third-order valence-electron chi connectivity index (χ3n) is 6.73. The smallest absolute Gasteiger partial charge is 0.330 e. The van der Waals surface area contributed by atoms with Gasteiger partial charge in [0, 0.05) is 39.0 Å². The van der Waals surface area contributed by atoms with Crippen LogP contribution in [-0.4, -0.2) is 36.5 Å². The first-order valence-electron chi connectivity index (χ1n) is 12.6. The Morgan fingerprint density at radius 3 is 2.50 bits per heavy atom. The van der Waals surface area contributed by atoms with Crippen molar-refractivity contribution in [3.05, 3.63) is 62.1 Å². The van der Waals surface area contributed by atoms with Crippen LogP contribution < -0.4 is 11.2 Å². The molecule has 0 saturated heterocycles. The SMILES string of the molecule is CCCCCn1c(CCC(=O)N2CCc3ccccc3C2)nc2c1c(=O)[nH]c(=O)n2CCCC. The van der Waals surface area contributed by atoms with Gasteiger partial charge in [0.15, 0.2) is 11.2 Å². The van der Waals surface area contributed by atoms with E-state index < -0.39 is 11.2 Å². The molecular formula is C26H35N5O3. The Morgan fingerprint density at radius 2 is 1.74 bits per heavy atom. The molecule has 1 amide bonds. The molecule has 182 valence electrons. The zero-order valence-corrected chi connectivity index (χ0v) is 20.3. The van der Waals surface area contributed by atoms with Crippen LogP contribution in [0.1, 0.15) is 69.3 Å². The highest BCUT2D eigenvalue weighted by Gasteiger charge is 2.23. The van der Waals surface area contributed by atoms with Gasteiger partial charge < -0.3 is 9.47 Å². The average Bonchev–Trinajstić information content (AvgIpc) is 3.21. The summed E-state index contributed by atoms with van der Waals surface area (Å²) < 4.78 is 3.51. The number of rotatable bonds is 10. The van der Waals surface area contributed by atoms with Crippen LogP contribution in [0.15, 0.2) is 33.9 Å². The monoisotopic (exact) mass is 465 g/mol. The van der Waals surface area contributed by atoms with Crippen LogP contribution in [0.5, 0.6) is 0 Å². The lowest BCUT2D eigenvalue weighted by Gasteiger charge is -2.29. The molecule has 8 nitrogen and oxygen atoms in total. The lowest BCUT2D eigenvalue weighted by Crippen LogP contribution is -2.36. The van der Waals surface area contributed by atoms with Crippen molar-refractivity contribution < 1.29 is 4.79 Å². The van der Waals surface area contributed by atoms with E-state index in [-0.39, 0.29) is 5.91 Å². The van der Waals surface area contributed by atoms with Crippen LogP contribution in [-0.2, 0) is 37.3 Å². The zero-order valence-electron chi connectivity index (χ0n) is 20.3. The molecule has 1 aliphatic rings. The summed E-state index contributed by atoms with van der Waals surface area (Å²) in [6.45, 7) is 6.72. The number of carbonyl (C=O) groups excluding carboxylic acids is 1. The Morgan fingerprint density at radius 1 is 1.00 bits per heavy atom. The Hall–Kier alpha value is -3.16. The minimum Gasteiger partial charge on any atom is -0.338 e. The fourth-order valence-corrected chi connectivity index (χ4v) is 4.78. The predicted molar refractivity (Wildman–Crippen MR) is 133 cm³/mol. The van der Waals surface area contributed by atoms with E-state index in [0.29, 0.717) is 49.5 Å². The Labute approximate surface area is 199 Å². The molecule has 1 N–H and O–H groups in total. The number of carbonyl (C=O) groups is 1. The second-order valence-corrected chi connectivity index (χ2v) is 9.16. The van der Waals surface area contributed by atoms with Crippen molar-refractivity contribution in [2.75, 3.05) is 6.54 Å². The molecule has 3 aromatic rings. The summed E-state index contributed by atoms with van der Waals surface area (Å²) in [5.41, 5.74) is 2.59. The van der Waals surface area contributed by atoms with E-state index in [0.717, 1.165) is 45.1 Å². The van der Waals surface area contributed by atoms with Gasteiger partial charge in [-0.05, 0) is 30.4 Å². The third kappa shape index (κ3) is 5.00. The lowest BCUT2D eigenvalue weighted by atomic mass is 9.99. The standard InChI is InChI=1S/C26H35N5O3/c1-3-5-9-16-30-21(27-24-23(30)25(33)28-26(34)31(24)15-6-4-2)12-13-22(32)29-17-14-19-10-7-8-11-20(19)18-29/h7-8,10-11H,3-6,9,12-18H2,1-2H3,(H,28,33,34). The minimum atomic E-state index is -0.418. The number of aromatic nitrogens is 4. The van der Waals surface area contributed by atoms with Gasteiger partial charge in [0.1, 0.15) is 5.82 Å². The van der Waals surface area contributed by atoms with Crippen LogP contribution in [0.3, 0.4) is 0 Å². The third-order valence-corrected chi connectivity index (χ3v) is 6.73. The number of imidazole rings is 1. The van der Waals surface area contributed by atoms with E-state index in [1.165, 1.54) is 11.1 Å². The molecule has 0 bridgehead atoms. The first-order valence-corrected chi connectivity index (χ1v) is 12.6. The number of fused-ring (bicyclic) bond motifs is 2. The van der Waals surface area contributed by atoms with Gasteiger partial charge in [0.25, 0.3) is 5.56 Å². The molecule has 0 unspecified atom stereocenters. The number of H-pyrrole nitrogens is 1. The maximum Gasteiger partial charge on any atom is 0.330 e. The number of nitrogens with one attached hydrogen (secondary N) is 1. The number of nitrogens with zero attached hydrogens (tertiary/aromatic N) is 4. The minimum absolute atomic E-state index is 0.0963. The van der Waals surface area contributed by atoms with E-state index in [1.54, 1.807) is 4.57 Å². The molecular weight excluding hydrogens is 430 g/mol. The summed E-state index contributed by atoms with van der Waals surface area (Å²) in [6.07, 6.45) is 6.43. The average molecular weight is 466 g/mol. The topological polar surface area (TPSA) is 93.0 Å². The van der Waals surface area contributed by atoms with E-state index >= 15 is 0 Å². The van der Waals surface area contributed by atoms with Gasteiger partial charge in [0.05, 0.1) is 0 Å². The van der Waals surface area contributed by atoms with Gasteiger partial charge in [-0.3, -0.25) is 19.1 Å². The molecule has 8 heteroatoms. The van der Waals surface area contributed by atoms with Gasteiger partial charge in [-0.15, -0.1) is 0 Å². The summed E-state index contributed by atoms with van der Waals surface area (Å²) in [6, 6.07) is 8.28. The number of aryl methyl sites for hydroxylation is 3. The van der Waals surface area contributed by atoms with E-state index in [4.69, 9.17) is 4.98 Å². The number of benzene rings is 1. The molecule has 4 rings (SSSR count). The Kier molecular flexibility index (Phi) is 7.65. The molecule has 34 heavy (non-hydrogen) atoms. The van der Waals surface area contributed by atoms with Crippen molar-refractivity contribution in [2.45, 2.75) is 84.8 Å². The highest BCUT2D eigenvalue weighted by atomic mass is 16.2. The van der Waals surface area contributed by atoms with Gasteiger partial charge in [-0.2, -0.15) is 0 Å². The van der Waals surface area contributed by atoms with Crippen LogP contribution >= 0.6 is 0 Å². The fraction of sp³-hybridized carbons (Fsp3) is 0.538. The predicted octanol–water partition coefficient (Wildman–Crippen LogP) is 3.39. The van der Waals surface area contributed by atoms with Crippen molar-refractivity contribution >= 4 is 17.1 Å².